The van der Waals surface area contributed by atoms with Crippen LogP contribution in [-0.4, -0.2) is 31.7 Å². The molecule has 1 unspecified atom stereocenters. The summed E-state index contributed by atoms with van der Waals surface area (Å²) >= 11 is 3.36. The summed E-state index contributed by atoms with van der Waals surface area (Å²) in [5.74, 6) is -1.54. The van der Waals surface area contributed by atoms with Crippen molar-refractivity contribution < 1.29 is 14.7 Å². The van der Waals surface area contributed by atoms with Crippen molar-refractivity contribution in [3.05, 3.63) is 93.7 Å². The van der Waals surface area contributed by atoms with Crippen LogP contribution in [0, 0.1) is 6.92 Å². The molecular weight excluding hydrogens is 472 g/mol. The highest BCUT2D eigenvalue weighted by Gasteiger charge is 2.48. The molecule has 2 aromatic heterocycles. The van der Waals surface area contributed by atoms with E-state index in [0.717, 1.165) is 15.6 Å². The molecule has 8 heteroatoms. The first-order valence-electron chi connectivity index (χ1n) is 9.87. The number of pyridine rings is 1. The number of anilines is 1. The second-order valence-corrected chi connectivity index (χ2v) is 8.45. The summed E-state index contributed by atoms with van der Waals surface area (Å²) in [6.07, 6.45) is 3.16. The molecule has 2 aromatic carbocycles. The minimum absolute atomic E-state index is 0.000147. The number of nitrogens with zero attached hydrogens (tertiary/aromatic N) is 3. The monoisotopic (exact) mass is 488 g/mol. The Bertz CT molecular complexity index is 1390. The topological polar surface area (TPSA) is 99.2 Å². The maximum atomic E-state index is 13.2. The van der Waals surface area contributed by atoms with E-state index >= 15 is 0 Å². The second-order valence-electron chi connectivity index (χ2n) is 7.54. The fraction of sp³-hybridized carbons (Fsp3) is 0.0833. The number of rotatable bonds is 3. The highest BCUT2D eigenvalue weighted by atomic mass is 79.9. The standard InChI is InChI=1S/C24H17BrN4O3/c1-13-2-7-17-18(12-13)28-24(27-17)29-20(14-8-10-26-11-9-14)19(22(31)23(29)32)21(30)15-3-5-16(25)6-4-15/h2-12,20,30H,1H3,(H,27,28)/b21-19+. The van der Waals surface area contributed by atoms with Gasteiger partial charge in [0.15, 0.2) is 0 Å². The normalized spacial score (nSPS) is 17.9. The fourth-order valence-corrected chi connectivity index (χ4v) is 4.16. The van der Waals surface area contributed by atoms with E-state index in [1.807, 2.05) is 25.1 Å². The van der Waals surface area contributed by atoms with Crippen LogP contribution < -0.4 is 4.90 Å². The number of Topliss-reactive ketones (excluding diaryl/α,β-unsaturated/α-hetero) is 1. The Labute approximate surface area is 191 Å². The average Bonchev–Trinajstić information content (AvgIpc) is 3.32. The van der Waals surface area contributed by atoms with Crippen molar-refractivity contribution in [1.29, 1.82) is 0 Å². The number of hydrogen-bond acceptors (Lipinski definition) is 5. The third-order valence-electron chi connectivity index (χ3n) is 5.44. The number of hydrogen-bond donors (Lipinski definition) is 2. The first-order chi connectivity index (χ1) is 15.4. The minimum Gasteiger partial charge on any atom is -0.507 e. The van der Waals surface area contributed by atoms with Gasteiger partial charge in [-0.3, -0.25) is 19.5 Å². The number of benzene rings is 2. The Morgan fingerprint density at radius 3 is 2.50 bits per heavy atom. The van der Waals surface area contributed by atoms with Crippen molar-refractivity contribution in [1.82, 2.24) is 15.0 Å². The quantitative estimate of drug-likeness (QED) is 0.248. The van der Waals surface area contributed by atoms with Crippen LogP contribution in [0.1, 0.15) is 22.7 Å². The summed E-state index contributed by atoms with van der Waals surface area (Å²) in [6.45, 7) is 1.96. The van der Waals surface area contributed by atoms with E-state index in [9.17, 15) is 14.7 Å². The van der Waals surface area contributed by atoms with E-state index in [2.05, 4.69) is 30.9 Å². The Kier molecular flexibility index (Phi) is 4.86. The van der Waals surface area contributed by atoms with Gasteiger partial charge in [-0.25, -0.2) is 4.98 Å². The smallest absolute Gasteiger partial charge is 0.302 e. The van der Waals surface area contributed by atoms with Gasteiger partial charge in [-0.1, -0.05) is 34.1 Å². The molecule has 5 rings (SSSR count). The predicted molar refractivity (Wildman–Crippen MR) is 124 cm³/mol. The number of carbonyl (C=O) groups is 2. The molecule has 0 bridgehead atoms. The van der Waals surface area contributed by atoms with E-state index in [0.29, 0.717) is 16.6 Å². The van der Waals surface area contributed by atoms with Crippen molar-refractivity contribution in [2.24, 2.45) is 0 Å². The largest absolute Gasteiger partial charge is 0.507 e. The maximum absolute atomic E-state index is 13.2. The van der Waals surface area contributed by atoms with Crippen LogP contribution in [0.5, 0.6) is 0 Å². The zero-order valence-electron chi connectivity index (χ0n) is 16.9. The second kappa shape index (κ2) is 7.72. The van der Waals surface area contributed by atoms with Gasteiger partial charge in [-0.15, -0.1) is 0 Å². The molecule has 0 saturated carbocycles. The highest BCUT2D eigenvalue weighted by molar-refractivity contribution is 9.10. The summed E-state index contributed by atoms with van der Waals surface area (Å²) in [7, 11) is 0. The van der Waals surface area contributed by atoms with E-state index in [-0.39, 0.29) is 17.3 Å². The lowest BCUT2D eigenvalue weighted by molar-refractivity contribution is -0.132. The summed E-state index contributed by atoms with van der Waals surface area (Å²) in [6, 6.07) is 15.1. The Morgan fingerprint density at radius 2 is 1.78 bits per heavy atom. The van der Waals surface area contributed by atoms with E-state index in [4.69, 9.17) is 0 Å². The molecule has 0 radical (unpaired) electrons. The molecule has 1 fully saturated rings. The van der Waals surface area contributed by atoms with Crippen molar-refractivity contribution in [3.63, 3.8) is 0 Å². The number of fused-ring (bicyclic) bond motifs is 1. The van der Waals surface area contributed by atoms with Crippen LogP contribution in [0.3, 0.4) is 0 Å². The SMILES string of the molecule is Cc1ccc2nc(N3C(=O)C(=O)/C(=C(/O)c4ccc(Br)cc4)C3c3ccncc3)[nH]c2c1. The van der Waals surface area contributed by atoms with Crippen molar-refractivity contribution >= 4 is 50.4 Å². The van der Waals surface area contributed by atoms with E-state index in [1.54, 1.807) is 48.8 Å². The fourth-order valence-electron chi connectivity index (χ4n) is 3.90. The van der Waals surface area contributed by atoms with Gasteiger partial charge >= 0.3 is 5.91 Å². The van der Waals surface area contributed by atoms with Crippen LogP contribution >= 0.6 is 15.9 Å². The molecule has 0 aliphatic carbocycles. The molecule has 0 spiro atoms. The van der Waals surface area contributed by atoms with Gasteiger partial charge in [0.1, 0.15) is 5.76 Å². The van der Waals surface area contributed by atoms with Crippen LogP contribution in [-0.2, 0) is 9.59 Å². The number of carbonyl (C=O) groups excluding carboxylic acids is 2. The minimum atomic E-state index is -0.858. The molecular formula is C24H17BrN4O3. The number of halogens is 1. The van der Waals surface area contributed by atoms with Crippen LogP contribution in [0.25, 0.3) is 16.8 Å². The van der Waals surface area contributed by atoms with E-state index < -0.39 is 17.7 Å². The Morgan fingerprint density at radius 1 is 1.06 bits per heavy atom. The molecule has 158 valence electrons. The summed E-state index contributed by atoms with van der Waals surface area (Å²) < 4.78 is 0.831. The highest BCUT2D eigenvalue weighted by Crippen LogP contribution is 2.41. The molecule has 4 aromatic rings. The zero-order chi connectivity index (χ0) is 22.4. The average molecular weight is 489 g/mol. The van der Waals surface area contributed by atoms with E-state index in [1.165, 1.54) is 4.90 Å². The maximum Gasteiger partial charge on any atom is 0.302 e. The first-order valence-corrected chi connectivity index (χ1v) is 10.7. The number of aliphatic hydroxyl groups is 1. The number of aromatic nitrogens is 3. The molecule has 1 aliphatic rings. The van der Waals surface area contributed by atoms with Crippen LogP contribution in [0.4, 0.5) is 5.95 Å². The van der Waals surface area contributed by atoms with Gasteiger partial charge < -0.3 is 10.1 Å². The number of nitrogens with one attached hydrogen (secondary N) is 1. The number of aryl methyl sites for hydroxylation is 1. The number of imidazole rings is 1. The van der Waals surface area contributed by atoms with Gasteiger partial charge in [0, 0.05) is 22.4 Å². The molecule has 2 N–H and O–H groups in total. The van der Waals surface area contributed by atoms with Crippen LogP contribution in [0.15, 0.2) is 77.0 Å². The number of amides is 1. The molecule has 1 amide bonds. The lowest BCUT2D eigenvalue weighted by Gasteiger charge is -2.22. The molecule has 3 heterocycles. The third-order valence-corrected chi connectivity index (χ3v) is 5.97. The van der Waals surface area contributed by atoms with Crippen molar-refractivity contribution in [3.8, 4) is 0 Å². The lowest BCUT2D eigenvalue weighted by Crippen LogP contribution is -2.30. The molecule has 1 saturated heterocycles. The van der Waals surface area contributed by atoms with Gasteiger partial charge in [-0.2, -0.15) is 0 Å². The predicted octanol–water partition coefficient (Wildman–Crippen LogP) is 4.66. The van der Waals surface area contributed by atoms with Crippen molar-refractivity contribution in [2.75, 3.05) is 4.90 Å². The Hall–Kier alpha value is -3.78. The molecule has 7 nitrogen and oxygen atoms in total. The number of aromatic amines is 1. The third kappa shape index (κ3) is 3.29. The molecule has 32 heavy (non-hydrogen) atoms. The summed E-state index contributed by atoms with van der Waals surface area (Å²) in [4.78, 5) is 39.4. The zero-order valence-corrected chi connectivity index (χ0v) is 18.5. The number of H-pyrrole nitrogens is 1. The first kappa shape index (κ1) is 20.1. The van der Waals surface area contributed by atoms with Crippen LogP contribution in [0.2, 0.25) is 0 Å². The molecule has 1 atom stereocenters. The van der Waals surface area contributed by atoms with Gasteiger partial charge in [-0.05, 0) is 54.4 Å². The Balaban J connectivity index is 1.72. The summed E-state index contributed by atoms with van der Waals surface area (Å²) in [5.41, 5.74) is 3.54. The van der Waals surface area contributed by atoms with Gasteiger partial charge in [0.25, 0.3) is 5.78 Å². The summed E-state index contributed by atoms with van der Waals surface area (Å²) in [5, 5.41) is 11.1. The van der Waals surface area contributed by atoms with Gasteiger partial charge in [0.05, 0.1) is 22.6 Å². The molecule has 1 aliphatic heterocycles. The van der Waals surface area contributed by atoms with Gasteiger partial charge in [0.2, 0.25) is 5.95 Å². The lowest BCUT2D eigenvalue weighted by atomic mass is 9.96. The van der Waals surface area contributed by atoms with Crippen molar-refractivity contribution in [2.45, 2.75) is 13.0 Å². The number of ketones is 1. The number of aliphatic hydroxyl groups excluding tert-OH is 1.